The molecule has 5 heteroatoms. The molecule has 2 aromatic rings. The first kappa shape index (κ1) is 10.6. The van der Waals surface area contributed by atoms with Crippen LogP contribution >= 0.6 is 11.8 Å². The summed E-state index contributed by atoms with van der Waals surface area (Å²) in [5.74, 6) is 0. The van der Waals surface area contributed by atoms with E-state index in [1.54, 1.807) is 24.5 Å². The molecule has 1 aromatic heterocycles. The van der Waals surface area contributed by atoms with E-state index in [0.29, 0.717) is 16.5 Å². The first-order valence-corrected chi connectivity index (χ1v) is 5.40. The van der Waals surface area contributed by atoms with Crippen molar-refractivity contribution in [2.24, 2.45) is 0 Å². The van der Waals surface area contributed by atoms with Crippen LogP contribution in [-0.4, -0.2) is 4.98 Å². The van der Waals surface area contributed by atoms with Gasteiger partial charge in [-0.05, 0) is 36.9 Å². The Kier molecular flexibility index (Phi) is 2.84. The van der Waals surface area contributed by atoms with E-state index in [2.05, 4.69) is 11.1 Å². The van der Waals surface area contributed by atoms with Crippen molar-refractivity contribution >= 4 is 17.4 Å². The van der Waals surface area contributed by atoms with Crippen LogP contribution < -0.4 is 5.73 Å². The van der Waals surface area contributed by atoms with E-state index in [1.165, 1.54) is 11.8 Å². The number of anilines is 1. The molecule has 0 spiro atoms. The Morgan fingerprint density at radius 2 is 2.31 bits per heavy atom. The highest BCUT2D eigenvalue weighted by molar-refractivity contribution is 7.99. The molecule has 0 unspecified atom stereocenters. The van der Waals surface area contributed by atoms with Gasteiger partial charge in [-0.25, -0.2) is 4.98 Å². The molecule has 0 saturated heterocycles. The van der Waals surface area contributed by atoms with Crippen molar-refractivity contribution in [3.05, 3.63) is 35.7 Å². The van der Waals surface area contributed by atoms with E-state index in [1.807, 2.05) is 6.92 Å². The summed E-state index contributed by atoms with van der Waals surface area (Å²) in [5.41, 5.74) is 7.52. The Bertz CT molecular complexity index is 557. The van der Waals surface area contributed by atoms with Gasteiger partial charge in [0.25, 0.3) is 5.22 Å². The van der Waals surface area contributed by atoms with Gasteiger partial charge in [0, 0.05) is 10.6 Å². The predicted octanol–water partition coefficient (Wildman–Crippen LogP) is 2.59. The number of nitrogens with zero attached hydrogens (tertiary/aromatic N) is 2. The van der Waals surface area contributed by atoms with Crippen LogP contribution in [0.2, 0.25) is 0 Å². The van der Waals surface area contributed by atoms with Gasteiger partial charge in [0.15, 0.2) is 0 Å². The number of hydrogen-bond acceptors (Lipinski definition) is 5. The molecule has 0 fully saturated rings. The lowest BCUT2D eigenvalue weighted by Crippen LogP contribution is -1.88. The lowest BCUT2D eigenvalue weighted by molar-refractivity contribution is 0.454. The summed E-state index contributed by atoms with van der Waals surface area (Å²) in [6.45, 7) is 1.85. The summed E-state index contributed by atoms with van der Waals surface area (Å²) in [4.78, 5) is 4.95. The number of benzene rings is 1. The number of oxazole rings is 1. The molecule has 0 aliphatic rings. The SMILES string of the molecule is Cc1coc(Sc2ccc(N)cc2C#N)n1. The van der Waals surface area contributed by atoms with Crippen LogP contribution in [0.15, 0.2) is 39.0 Å². The third kappa shape index (κ3) is 2.18. The summed E-state index contributed by atoms with van der Waals surface area (Å²) in [6, 6.07) is 7.27. The zero-order valence-electron chi connectivity index (χ0n) is 8.60. The van der Waals surface area contributed by atoms with Crippen LogP contribution in [0.5, 0.6) is 0 Å². The lowest BCUT2D eigenvalue weighted by Gasteiger charge is -2.01. The smallest absolute Gasteiger partial charge is 0.260 e. The highest BCUT2D eigenvalue weighted by Gasteiger charge is 2.08. The fourth-order valence-corrected chi connectivity index (χ4v) is 2.02. The van der Waals surface area contributed by atoms with E-state index in [-0.39, 0.29) is 0 Å². The number of rotatable bonds is 2. The Morgan fingerprint density at radius 3 is 2.94 bits per heavy atom. The third-order valence-corrected chi connectivity index (χ3v) is 2.86. The standard InChI is InChI=1S/C11H9N3OS/c1-7-6-15-11(14-7)16-10-3-2-9(13)4-8(10)5-12/h2-4,6H,13H2,1H3. The summed E-state index contributed by atoms with van der Waals surface area (Å²) in [5, 5.41) is 9.48. The van der Waals surface area contributed by atoms with E-state index in [0.717, 1.165) is 10.6 Å². The van der Waals surface area contributed by atoms with Crippen LogP contribution in [0.4, 0.5) is 5.69 Å². The molecular weight excluding hydrogens is 222 g/mol. The number of nitrogen functional groups attached to an aromatic ring is 1. The van der Waals surface area contributed by atoms with Crippen molar-refractivity contribution < 1.29 is 4.42 Å². The van der Waals surface area contributed by atoms with Crippen LogP contribution in [0.1, 0.15) is 11.3 Å². The molecule has 0 radical (unpaired) electrons. The average molecular weight is 231 g/mol. The number of nitrogens with two attached hydrogens (primary N) is 1. The van der Waals surface area contributed by atoms with E-state index in [4.69, 9.17) is 15.4 Å². The van der Waals surface area contributed by atoms with Crippen molar-refractivity contribution in [1.82, 2.24) is 4.98 Å². The Balaban J connectivity index is 2.31. The quantitative estimate of drug-likeness (QED) is 0.804. The monoisotopic (exact) mass is 231 g/mol. The van der Waals surface area contributed by atoms with Gasteiger partial charge in [0.05, 0.1) is 11.3 Å². The van der Waals surface area contributed by atoms with Gasteiger partial charge in [-0.3, -0.25) is 0 Å². The minimum absolute atomic E-state index is 0.527. The average Bonchev–Trinajstić information content (AvgIpc) is 2.67. The van der Waals surface area contributed by atoms with Crippen LogP contribution in [-0.2, 0) is 0 Å². The maximum Gasteiger partial charge on any atom is 0.260 e. The number of aryl methyl sites for hydroxylation is 1. The molecule has 16 heavy (non-hydrogen) atoms. The number of hydrogen-bond donors (Lipinski definition) is 1. The molecule has 2 N–H and O–H groups in total. The Labute approximate surface area is 97.1 Å². The van der Waals surface area contributed by atoms with Crippen LogP contribution in [0.3, 0.4) is 0 Å². The summed E-state index contributed by atoms with van der Waals surface area (Å²) >= 11 is 1.31. The van der Waals surface area contributed by atoms with Gasteiger partial charge in [-0.15, -0.1) is 0 Å². The molecule has 0 aliphatic heterocycles. The van der Waals surface area contributed by atoms with Gasteiger partial charge in [-0.1, -0.05) is 0 Å². The number of aromatic nitrogens is 1. The fraction of sp³-hybridized carbons (Fsp3) is 0.0909. The lowest BCUT2D eigenvalue weighted by atomic mass is 10.2. The molecule has 0 aliphatic carbocycles. The summed E-state index contributed by atoms with van der Waals surface area (Å²) < 4.78 is 5.21. The van der Waals surface area contributed by atoms with E-state index < -0.39 is 0 Å². The second-order valence-electron chi connectivity index (χ2n) is 3.22. The molecule has 2 rings (SSSR count). The fourth-order valence-electron chi connectivity index (χ4n) is 1.20. The molecular formula is C11H9N3OS. The van der Waals surface area contributed by atoms with Crippen molar-refractivity contribution in [2.45, 2.75) is 17.0 Å². The second kappa shape index (κ2) is 4.29. The Hall–Kier alpha value is -1.93. The molecule has 4 nitrogen and oxygen atoms in total. The zero-order chi connectivity index (χ0) is 11.5. The zero-order valence-corrected chi connectivity index (χ0v) is 9.41. The molecule has 1 heterocycles. The third-order valence-electron chi connectivity index (χ3n) is 1.92. The molecule has 0 amide bonds. The highest BCUT2D eigenvalue weighted by atomic mass is 32.2. The minimum atomic E-state index is 0.527. The normalized spacial score (nSPS) is 10.0. The van der Waals surface area contributed by atoms with E-state index >= 15 is 0 Å². The Morgan fingerprint density at radius 1 is 1.50 bits per heavy atom. The van der Waals surface area contributed by atoms with Crippen LogP contribution in [0.25, 0.3) is 0 Å². The summed E-state index contributed by atoms with van der Waals surface area (Å²) in [6.07, 6.45) is 1.58. The molecule has 0 atom stereocenters. The molecule has 80 valence electrons. The highest BCUT2D eigenvalue weighted by Crippen LogP contribution is 2.30. The van der Waals surface area contributed by atoms with Gasteiger partial charge >= 0.3 is 0 Å². The second-order valence-corrected chi connectivity index (χ2v) is 4.22. The van der Waals surface area contributed by atoms with E-state index in [9.17, 15) is 0 Å². The minimum Gasteiger partial charge on any atom is -0.439 e. The van der Waals surface area contributed by atoms with Gasteiger partial charge in [-0.2, -0.15) is 5.26 Å². The first-order chi connectivity index (χ1) is 7.69. The number of nitriles is 1. The van der Waals surface area contributed by atoms with Crippen molar-refractivity contribution in [3.63, 3.8) is 0 Å². The molecule has 0 saturated carbocycles. The van der Waals surface area contributed by atoms with Crippen molar-refractivity contribution in [3.8, 4) is 6.07 Å². The summed E-state index contributed by atoms with van der Waals surface area (Å²) in [7, 11) is 0. The van der Waals surface area contributed by atoms with Gasteiger partial charge in [0.1, 0.15) is 12.3 Å². The maximum absolute atomic E-state index is 8.96. The van der Waals surface area contributed by atoms with Crippen molar-refractivity contribution in [1.29, 1.82) is 5.26 Å². The van der Waals surface area contributed by atoms with Gasteiger partial charge < -0.3 is 10.2 Å². The van der Waals surface area contributed by atoms with Crippen LogP contribution in [0, 0.1) is 18.3 Å². The molecule has 1 aromatic carbocycles. The van der Waals surface area contributed by atoms with Crippen molar-refractivity contribution in [2.75, 3.05) is 5.73 Å². The first-order valence-electron chi connectivity index (χ1n) is 4.58. The topological polar surface area (TPSA) is 75.8 Å². The molecule has 0 bridgehead atoms. The largest absolute Gasteiger partial charge is 0.439 e. The predicted molar refractivity (Wildman–Crippen MR) is 60.9 cm³/mol. The maximum atomic E-state index is 8.96. The van der Waals surface area contributed by atoms with Gasteiger partial charge in [0.2, 0.25) is 0 Å².